The number of nitrogens with one attached hydrogen (secondary N) is 2. The third-order valence-electron chi connectivity index (χ3n) is 4.46. The van der Waals surface area contributed by atoms with Crippen molar-refractivity contribution in [2.24, 2.45) is 0 Å². The maximum absolute atomic E-state index is 12.9. The molecule has 1 unspecified atom stereocenters. The fourth-order valence-corrected chi connectivity index (χ4v) is 3.60. The Kier molecular flexibility index (Phi) is 6.61. The lowest BCUT2D eigenvalue weighted by molar-refractivity contribution is -0.126. The summed E-state index contributed by atoms with van der Waals surface area (Å²) in [6.07, 6.45) is 0.261. The van der Waals surface area contributed by atoms with Gasteiger partial charge < -0.3 is 10.6 Å². The number of amides is 2. The molecule has 0 radical (unpaired) electrons. The van der Waals surface area contributed by atoms with E-state index >= 15 is 0 Å². The molecule has 0 aliphatic heterocycles. The lowest BCUT2D eigenvalue weighted by Crippen LogP contribution is -2.37. The molecular formula is C23H24N2O2S. The molecule has 4 nitrogen and oxygen atoms in total. The maximum Gasteiger partial charge on any atom is 0.251 e. The van der Waals surface area contributed by atoms with Crippen molar-refractivity contribution < 1.29 is 9.59 Å². The minimum absolute atomic E-state index is 0.179. The summed E-state index contributed by atoms with van der Waals surface area (Å²) in [4.78, 5) is 26.4. The number of hydrogen-bond donors (Lipinski definition) is 2. The SMILES string of the molecule is CC(C)c1ccc(NC(=O)C(NC(=O)Cc2cccs2)c2ccccc2)cc1. The second-order valence-electron chi connectivity index (χ2n) is 6.93. The average Bonchev–Trinajstić information content (AvgIpc) is 3.20. The van der Waals surface area contributed by atoms with Gasteiger partial charge in [-0.2, -0.15) is 0 Å². The summed E-state index contributed by atoms with van der Waals surface area (Å²) in [5.74, 6) is -0.0111. The molecule has 1 heterocycles. The van der Waals surface area contributed by atoms with Gasteiger partial charge in [0.05, 0.1) is 6.42 Å². The number of hydrogen-bond acceptors (Lipinski definition) is 3. The molecule has 1 aromatic heterocycles. The topological polar surface area (TPSA) is 58.2 Å². The Bertz CT molecular complexity index is 904. The summed E-state index contributed by atoms with van der Waals surface area (Å²) in [6.45, 7) is 4.25. The summed E-state index contributed by atoms with van der Waals surface area (Å²) in [5, 5.41) is 7.73. The lowest BCUT2D eigenvalue weighted by atomic mass is 10.0. The highest BCUT2D eigenvalue weighted by Crippen LogP contribution is 2.20. The maximum atomic E-state index is 12.9. The van der Waals surface area contributed by atoms with Crippen LogP contribution in [0.4, 0.5) is 5.69 Å². The van der Waals surface area contributed by atoms with Crippen LogP contribution >= 0.6 is 11.3 Å². The van der Waals surface area contributed by atoms with Crippen molar-refractivity contribution in [2.75, 3.05) is 5.32 Å². The molecule has 0 aliphatic rings. The third kappa shape index (κ3) is 5.30. The first-order valence-corrected chi connectivity index (χ1v) is 10.2. The normalized spacial score (nSPS) is 11.8. The van der Waals surface area contributed by atoms with Crippen molar-refractivity contribution in [3.8, 4) is 0 Å². The van der Waals surface area contributed by atoms with E-state index in [4.69, 9.17) is 0 Å². The van der Waals surface area contributed by atoms with E-state index in [1.54, 1.807) is 0 Å². The Hall–Kier alpha value is -2.92. The second-order valence-corrected chi connectivity index (χ2v) is 7.97. The second kappa shape index (κ2) is 9.33. The molecule has 28 heavy (non-hydrogen) atoms. The Morgan fingerprint density at radius 3 is 2.21 bits per heavy atom. The molecule has 1 atom stereocenters. The monoisotopic (exact) mass is 392 g/mol. The van der Waals surface area contributed by atoms with E-state index in [1.807, 2.05) is 72.1 Å². The van der Waals surface area contributed by atoms with Crippen molar-refractivity contribution >= 4 is 28.8 Å². The predicted octanol–water partition coefficient (Wildman–Crippen LogP) is 4.91. The fraction of sp³-hybridized carbons (Fsp3) is 0.217. The Labute approximate surface area is 169 Å². The molecule has 0 spiro atoms. The van der Waals surface area contributed by atoms with E-state index in [9.17, 15) is 9.59 Å². The molecule has 144 valence electrons. The van der Waals surface area contributed by atoms with Gasteiger partial charge in [-0.1, -0.05) is 62.4 Å². The molecule has 0 aliphatic carbocycles. The molecule has 2 N–H and O–H groups in total. The standard InChI is InChI=1S/C23H24N2O2S/c1-16(2)17-10-12-19(13-11-17)24-23(27)22(18-7-4-3-5-8-18)25-21(26)15-20-9-6-14-28-20/h3-14,16,22H,15H2,1-2H3,(H,24,27)(H,25,26). The van der Waals surface area contributed by atoms with Crippen molar-refractivity contribution in [1.29, 1.82) is 0 Å². The zero-order valence-electron chi connectivity index (χ0n) is 16.0. The molecule has 0 saturated carbocycles. The highest BCUT2D eigenvalue weighted by atomic mass is 32.1. The van der Waals surface area contributed by atoms with Gasteiger partial charge in [-0.25, -0.2) is 0 Å². The van der Waals surface area contributed by atoms with Crippen LogP contribution in [0.2, 0.25) is 0 Å². The minimum Gasteiger partial charge on any atom is -0.340 e. The summed E-state index contributed by atoms with van der Waals surface area (Å²) in [6, 6.07) is 20.2. The molecule has 2 amide bonds. The van der Waals surface area contributed by atoms with Crippen LogP contribution in [-0.4, -0.2) is 11.8 Å². The van der Waals surface area contributed by atoms with Crippen molar-refractivity contribution in [3.05, 3.63) is 88.1 Å². The quantitative estimate of drug-likeness (QED) is 0.600. The van der Waals surface area contributed by atoms with Gasteiger partial charge in [-0.3, -0.25) is 9.59 Å². The molecule has 0 bridgehead atoms. The van der Waals surface area contributed by atoms with Crippen LogP contribution in [0.3, 0.4) is 0 Å². The largest absolute Gasteiger partial charge is 0.340 e. The van der Waals surface area contributed by atoms with E-state index in [1.165, 1.54) is 16.9 Å². The molecule has 0 fully saturated rings. The highest BCUT2D eigenvalue weighted by Gasteiger charge is 2.23. The molecule has 0 saturated heterocycles. The van der Waals surface area contributed by atoms with E-state index in [0.29, 0.717) is 11.6 Å². The van der Waals surface area contributed by atoms with Crippen LogP contribution in [0.25, 0.3) is 0 Å². The van der Waals surface area contributed by atoms with Gasteiger partial charge in [0.2, 0.25) is 5.91 Å². The average molecular weight is 393 g/mol. The van der Waals surface area contributed by atoms with Gasteiger partial charge in [0, 0.05) is 10.6 Å². The summed E-state index contributed by atoms with van der Waals surface area (Å²) < 4.78 is 0. The first-order chi connectivity index (χ1) is 13.5. The van der Waals surface area contributed by atoms with Gasteiger partial charge in [-0.05, 0) is 40.6 Å². The smallest absolute Gasteiger partial charge is 0.251 e. The molecule has 5 heteroatoms. The van der Waals surface area contributed by atoms with E-state index in [2.05, 4.69) is 24.5 Å². The van der Waals surface area contributed by atoms with Crippen LogP contribution in [0, 0.1) is 0 Å². The predicted molar refractivity (Wildman–Crippen MR) is 115 cm³/mol. The number of benzene rings is 2. The van der Waals surface area contributed by atoms with Gasteiger partial charge in [0.1, 0.15) is 6.04 Å². The van der Waals surface area contributed by atoms with E-state index < -0.39 is 6.04 Å². The summed E-state index contributed by atoms with van der Waals surface area (Å²) in [7, 11) is 0. The summed E-state index contributed by atoms with van der Waals surface area (Å²) in [5.41, 5.74) is 2.67. The van der Waals surface area contributed by atoms with Crippen LogP contribution in [0.1, 0.15) is 41.8 Å². The molecule has 2 aromatic carbocycles. The highest BCUT2D eigenvalue weighted by molar-refractivity contribution is 7.10. The summed E-state index contributed by atoms with van der Waals surface area (Å²) >= 11 is 1.53. The van der Waals surface area contributed by atoms with Gasteiger partial charge in [0.25, 0.3) is 5.91 Å². The van der Waals surface area contributed by atoms with Crippen molar-refractivity contribution in [3.63, 3.8) is 0 Å². The Balaban J connectivity index is 1.74. The number of thiophene rings is 1. The number of carbonyl (C=O) groups is 2. The number of rotatable bonds is 7. The van der Waals surface area contributed by atoms with Crippen LogP contribution in [-0.2, 0) is 16.0 Å². The Morgan fingerprint density at radius 1 is 0.893 bits per heavy atom. The zero-order valence-corrected chi connectivity index (χ0v) is 16.8. The fourth-order valence-electron chi connectivity index (χ4n) is 2.89. The molecule has 3 aromatic rings. The first-order valence-electron chi connectivity index (χ1n) is 9.30. The molecule has 3 rings (SSSR count). The third-order valence-corrected chi connectivity index (χ3v) is 5.34. The minimum atomic E-state index is -0.751. The first kappa shape index (κ1) is 19.8. The van der Waals surface area contributed by atoms with Crippen LogP contribution in [0.5, 0.6) is 0 Å². The van der Waals surface area contributed by atoms with Gasteiger partial charge in [0.15, 0.2) is 0 Å². The van der Waals surface area contributed by atoms with Crippen LogP contribution < -0.4 is 10.6 Å². The van der Waals surface area contributed by atoms with E-state index in [-0.39, 0.29) is 18.2 Å². The number of carbonyl (C=O) groups excluding carboxylic acids is 2. The van der Waals surface area contributed by atoms with Gasteiger partial charge in [-0.15, -0.1) is 11.3 Å². The van der Waals surface area contributed by atoms with E-state index in [0.717, 1.165) is 10.4 Å². The molecular weight excluding hydrogens is 368 g/mol. The Morgan fingerprint density at radius 2 is 1.61 bits per heavy atom. The number of anilines is 1. The van der Waals surface area contributed by atoms with Crippen molar-refractivity contribution in [1.82, 2.24) is 5.32 Å². The lowest BCUT2D eigenvalue weighted by Gasteiger charge is -2.19. The van der Waals surface area contributed by atoms with Crippen molar-refractivity contribution in [2.45, 2.75) is 32.2 Å². The zero-order chi connectivity index (χ0) is 19.9. The van der Waals surface area contributed by atoms with Gasteiger partial charge >= 0.3 is 0 Å². The van der Waals surface area contributed by atoms with Crippen LogP contribution in [0.15, 0.2) is 72.1 Å².